The van der Waals surface area contributed by atoms with Crippen molar-refractivity contribution < 1.29 is 22.7 Å². The van der Waals surface area contributed by atoms with Crippen LogP contribution >= 0.6 is 0 Å². The third-order valence-corrected chi connectivity index (χ3v) is 5.15. The Hall–Kier alpha value is -2.58. The highest BCUT2D eigenvalue weighted by Crippen LogP contribution is 2.25. The lowest BCUT2D eigenvalue weighted by Gasteiger charge is -2.21. The van der Waals surface area contributed by atoms with E-state index < -0.39 is 15.9 Å². The monoisotopic (exact) mass is 406 g/mol. The van der Waals surface area contributed by atoms with Crippen LogP contribution < -0.4 is 14.8 Å². The zero-order valence-electron chi connectivity index (χ0n) is 16.3. The molecular weight excluding hydrogens is 380 g/mol. The first kappa shape index (κ1) is 21.7. The van der Waals surface area contributed by atoms with Gasteiger partial charge in [0.2, 0.25) is 15.9 Å². The highest BCUT2D eigenvalue weighted by atomic mass is 32.2. The third kappa shape index (κ3) is 6.86. The van der Waals surface area contributed by atoms with Gasteiger partial charge in [-0.25, -0.2) is 8.42 Å². The molecule has 28 heavy (non-hydrogen) atoms. The molecule has 0 bridgehead atoms. The van der Waals surface area contributed by atoms with Gasteiger partial charge in [-0.1, -0.05) is 42.5 Å². The second-order valence-corrected chi connectivity index (χ2v) is 8.43. The van der Waals surface area contributed by atoms with E-state index in [1.165, 1.54) is 0 Å². The number of sulfonamides is 1. The summed E-state index contributed by atoms with van der Waals surface area (Å²) in [7, 11) is -1.98. The number of nitrogens with one attached hydrogen (secondary N) is 1. The molecule has 0 aliphatic heterocycles. The van der Waals surface area contributed by atoms with Crippen molar-refractivity contribution in [1.29, 1.82) is 0 Å². The van der Waals surface area contributed by atoms with Crippen molar-refractivity contribution in [1.82, 2.24) is 9.62 Å². The SMILES string of the molecule is COc1ccccc1OC[C@H](C)NC(=O)CN(Cc1ccccc1)S(C)(=O)=O. The first-order valence-electron chi connectivity index (χ1n) is 8.84. The number of hydrogen-bond acceptors (Lipinski definition) is 5. The molecule has 0 aliphatic rings. The summed E-state index contributed by atoms with van der Waals surface area (Å²) in [4.78, 5) is 12.3. The Balaban J connectivity index is 1.91. The number of amides is 1. The highest BCUT2D eigenvalue weighted by Gasteiger charge is 2.21. The fraction of sp³-hybridized carbons (Fsp3) is 0.350. The van der Waals surface area contributed by atoms with E-state index in [4.69, 9.17) is 9.47 Å². The van der Waals surface area contributed by atoms with Gasteiger partial charge in [0.25, 0.3) is 0 Å². The van der Waals surface area contributed by atoms with Crippen LogP contribution in [0.25, 0.3) is 0 Å². The molecule has 0 aliphatic carbocycles. The molecule has 0 heterocycles. The molecule has 0 fully saturated rings. The van der Waals surface area contributed by atoms with E-state index >= 15 is 0 Å². The third-order valence-electron chi connectivity index (χ3n) is 3.96. The second kappa shape index (κ2) is 10.1. The maximum atomic E-state index is 12.3. The maximum absolute atomic E-state index is 12.3. The number of carbonyl (C=O) groups is 1. The maximum Gasteiger partial charge on any atom is 0.235 e. The van der Waals surface area contributed by atoms with Gasteiger partial charge in [0.1, 0.15) is 6.61 Å². The first-order chi connectivity index (χ1) is 13.3. The molecule has 1 atom stereocenters. The van der Waals surface area contributed by atoms with Gasteiger partial charge < -0.3 is 14.8 Å². The van der Waals surface area contributed by atoms with Crippen LogP contribution in [0.4, 0.5) is 0 Å². The predicted molar refractivity (Wildman–Crippen MR) is 108 cm³/mol. The minimum Gasteiger partial charge on any atom is -0.493 e. The van der Waals surface area contributed by atoms with Gasteiger partial charge in [-0.15, -0.1) is 0 Å². The normalized spacial score (nSPS) is 12.4. The molecule has 0 spiro atoms. The Labute approximate surface area is 166 Å². The summed E-state index contributed by atoms with van der Waals surface area (Å²) < 4.78 is 36.1. The number of nitrogens with zero attached hydrogens (tertiary/aromatic N) is 1. The van der Waals surface area contributed by atoms with Crippen LogP contribution in [0.15, 0.2) is 54.6 Å². The first-order valence-corrected chi connectivity index (χ1v) is 10.7. The van der Waals surface area contributed by atoms with Crippen molar-refractivity contribution >= 4 is 15.9 Å². The summed E-state index contributed by atoms with van der Waals surface area (Å²) in [5.41, 5.74) is 0.813. The Morgan fingerprint density at radius 1 is 1.07 bits per heavy atom. The number of benzene rings is 2. The smallest absolute Gasteiger partial charge is 0.235 e. The van der Waals surface area contributed by atoms with E-state index in [1.807, 2.05) is 42.5 Å². The standard InChI is InChI=1S/C20H26N2O5S/c1-16(15-27-19-12-8-7-11-18(19)26-2)21-20(23)14-22(28(3,24)25)13-17-9-5-4-6-10-17/h4-12,16H,13-15H2,1-3H3,(H,21,23)/t16-/m0/s1. The lowest BCUT2D eigenvalue weighted by atomic mass is 10.2. The zero-order chi connectivity index (χ0) is 20.6. The van der Waals surface area contributed by atoms with Gasteiger partial charge in [0.05, 0.1) is 26.0 Å². The molecule has 152 valence electrons. The number of rotatable bonds is 10. The molecule has 2 rings (SSSR count). The summed E-state index contributed by atoms with van der Waals surface area (Å²) in [5.74, 6) is 0.789. The summed E-state index contributed by atoms with van der Waals surface area (Å²) in [6.45, 7) is 1.89. The molecule has 2 aromatic rings. The van der Waals surface area contributed by atoms with Crippen molar-refractivity contribution in [2.24, 2.45) is 0 Å². The topological polar surface area (TPSA) is 84.9 Å². The summed E-state index contributed by atoms with van der Waals surface area (Å²) in [6.07, 6.45) is 1.09. The number of ether oxygens (including phenoxy) is 2. The van der Waals surface area contributed by atoms with E-state index in [2.05, 4.69) is 5.32 Å². The molecule has 0 radical (unpaired) electrons. The Kier molecular flexibility index (Phi) is 7.83. The van der Waals surface area contributed by atoms with Crippen LogP contribution in [0.3, 0.4) is 0 Å². The van der Waals surface area contributed by atoms with Crippen molar-refractivity contribution in [3.8, 4) is 11.5 Å². The van der Waals surface area contributed by atoms with E-state index in [1.54, 1.807) is 26.2 Å². The van der Waals surface area contributed by atoms with Crippen LogP contribution in [-0.4, -0.2) is 51.2 Å². The van der Waals surface area contributed by atoms with Gasteiger partial charge in [-0.2, -0.15) is 4.31 Å². The van der Waals surface area contributed by atoms with Crippen molar-refractivity contribution in [3.63, 3.8) is 0 Å². The Morgan fingerprint density at radius 3 is 2.29 bits per heavy atom. The molecule has 8 heteroatoms. The average Bonchev–Trinajstić information content (AvgIpc) is 2.66. The fourth-order valence-electron chi connectivity index (χ4n) is 2.55. The highest BCUT2D eigenvalue weighted by molar-refractivity contribution is 7.88. The van der Waals surface area contributed by atoms with Crippen LogP contribution in [-0.2, 0) is 21.4 Å². The summed E-state index contributed by atoms with van der Waals surface area (Å²) in [6, 6.07) is 16.1. The van der Waals surface area contributed by atoms with Gasteiger partial charge in [0, 0.05) is 6.54 Å². The zero-order valence-corrected chi connectivity index (χ0v) is 17.1. The van der Waals surface area contributed by atoms with Crippen molar-refractivity contribution in [2.45, 2.75) is 19.5 Å². The molecule has 0 aromatic heterocycles. The largest absolute Gasteiger partial charge is 0.493 e. The minimum atomic E-state index is -3.53. The van der Waals surface area contributed by atoms with Crippen molar-refractivity contribution in [3.05, 3.63) is 60.2 Å². The molecule has 1 amide bonds. The van der Waals surface area contributed by atoms with Crippen LogP contribution in [0.2, 0.25) is 0 Å². The lowest BCUT2D eigenvalue weighted by Crippen LogP contribution is -2.44. The van der Waals surface area contributed by atoms with Crippen LogP contribution in [0.1, 0.15) is 12.5 Å². The lowest BCUT2D eigenvalue weighted by molar-refractivity contribution is -0.122. The summed E-state index contributed by atoms with van der Waals surface area (Å²) in [5, 5.41) is 2.77. The van der Waals surface area contributed by atoms with Crippen LogP contribution in [0.5, 0.6) is 11.5 Å². The number of methoxy groups -OCH3 is 1. The van der Waals surface area contributed by atoms with Gasteiger partial charge in [0.15, 0.2) is 11.5 Å². The van der Waals surface area contributed by atoms with Crippen LogP contribution in [0, 0.1) is 0 Å². The summed E-state index contributed by atoms with van der Waals surface area (Å²) >= 11 is 0. The Bertz CT molecular complexity index is 871. The number of carbonyl (C=O) groups excluding carboxylic acids is 1. The van der Waals surface area contributed by atoms with Gasteiger partial charge in [-0.3, -0.25) is 4.79 Å². The molecular formula is C20H26N2O5S. The predicted octanol–water partition coefficient (Wildman–Crippen LogP) is 2.04. The number of hydrogen-bond donors (Lipinski definition) is 1. The average molecular weight is 407 g/mol. The van der Waals surface area contributed by atoms with Gasteiger partial charge >= 0.3 is 0 Å². The van der Waals surface area contributed by atoms with Gasteiger partial charge in [-0.05, 0) is 24.6 Å². The molecule has 0 unspecified atom stereocenters. The fourth-order valence-corrected chi connectivity index (χ4v) is 3.29. The van der Waals surface area contributed by atoms with Crippen molar-refractivity contribution in [2.75, 3.05) is 26.5 Å². The molecule has 0 saturated carbocycles. The minimum absolute atomic E-state index is 0.138. The second-order valence-electron chi connectivity index (χ2n) is 6.45. The Morgan fingerprint density at radius 2 is 1.68 bits per heavy atom. The quantitative estimate of drug-likeness (QED) is 0.653. The molecule has 0 saturated heterocycles. The molecule has 2 aromatic carbocycles. The number of para-hydroxylation sites is 2. The van der Waals surface area contributed by atoms with E-state index in [0.717, 1.165) is 16.1 Å². The van der Waals surface area contributed by atoms with E-state index in [-0.39, 0.29) is 25.7 Å². The molecule has 7 nitrogen and oxygen atoms in total. The molecule has 1 N–H and O–H groups in total. The van der Waals surface area contributed by atoms with E-state index in [0.29, 0.717) is 11.5 Å². The van der Waals surface area contributed by atoms with E-state index in [9.17, 15) is 13.2 Å².